The number of benzene rings is 1. The van der Waals surface area contributed by atoms with E-state index in [1.54, 1.807) is 35.0 Å². The van der Waals surface area contributed by atoms with E-state index in [2.05, 4.69) is 22.2 Å². The molecule has 2 heterocycles. The maximum atomic E-state index is 13.2. The summed E-state index contributed by atoms with van der Waals surface area (Å²) in [4.78, 5) is 21.8. The molecule has 0 bridgehead atoms. The minimum Gasteiger partial charge on any atom is -0.324 e. The summed E-state index contributed by atoms with van der Waals surface area (Å²) in [6.07, 6.45) is 6.15. The molecule has 1 aliphatic carbocycles. The number of anilines is 2. The Morgan fingerprint density at radius 3 is 2.50 bits per heavy atom. The Labute approximate surface area is 205 Å². The second kappa shape index (κ2) is 9.66. The van der Waals surface area contributed by atoms with E-state index >= 15 is 0 Å². The van der Waals surface area contributed by atoms with Crippen molar-refractivity contribution in [1.29, 1.82) is 0 Å². The number of halogens is 1. The zero-order valence-corrected chi connectivity index (χ0v) is 21.6. The third-order valence-corrected chi connectivity index (χ3v) is 9.36. The second-order valence-corrected chi connectivity index (χ2v) is 12.1. The van der Waals surface area contributed by atoms with Crippen LogP contribution in [0.25, 0.3) is 11.0 Å². The minimum atomic E-state index is -3.37. The van der Waals surface area contributed by atoms with Gasteiger partial charge in [-0.05, 0) is 82.2 Å². The van der Waals surface area contributed by atoms with Crippen LogP contribution in [-0.4, -0.2) is 28.2 Å². The van der Waals surface area contributed by atoms with Gasteiger partial charge < -0.3 is 5.32 Å². The Morgan fingerprint density at radius 1 is 1.18 bits per heavy atom. The Bertz CT molecular complexity index is 1380. The highest BCUT2D eigenvalue weighted by Crippen LogP contribution is 2.34. The summed E-state index contributed by atoms with van der Waals surface area (Å²) in [6.45, 7) is 7.82. The van der Waals surface area contributed by atoms with Crippen LogP contribution in [0, 0.1) is 12.8 Å². The van der Waals surface area contributed by atoms with Crippen LogP contribution in [0.2, 0.25) is 5.02 Å². The maximum absolute atomic E-state index is 13.2. The molecule has 0 radical (unpaired) electrons. The normalized spacial score (nSPS) is 19.0. The zero-order chi connectivity index (χ0) is 24.6. The van der Waals surface area contributed by atoms with Crippen LogP contribution >= 0.6 is 11.6 Å². The first kappa shape index (κ1) is 24.7. The number of aryl methyl sites for hydroxylation is 1. The predicted molar refractivity (Wildman–Crippen MR) is 137 cm³/mol. The lowest BCUT2D eigenvalue weighted by atomic mass is 9.87. The van der Waals surface area contributed by atoms with Gasteiger partial charge in [0.25, 0.3) is 5.56 Å². The summed E-state index contributed by atoms with van der Waals surface area (Å²) in [5.41, 5.74) is 1.68. The van der Waals surface area contributed by atoms with Gasteiger partial charge in [0.1, 0.15) is 10.7 Å². The highest BCUT2D eigenvalue weighted by molar-refractivity contribution is 7.92. The van der Waals surface area contributed by atoms with Crippen molar-refractivity contribution < 1.29 is 8.42 Å². The highest BCUT2D eigenvalue weighted by Gasteiger charge is 2.31. The summed E-state index contributed by atoms with van der Waals surface area (Å²) in [5.74, 6) is 0.963. The van der Waals surface area contributed by atoms with E-state index in [0.29, 0.717) is 33.5 Å². The van der Waals surface area contributed by atoms with Crippen LogP contribution in [0.1, 0.15) is 64.5 Å². The lowest BCUT2D eigenvalue weighted by Crippen LogP contribution is -2.27. The molecule has 0 unspecified atom stereocenters. The monoisotopic (exact) mass is 502 g/mol. The van der Waals surface area contributed by atoms with Gasteiger partial charge in [0, 0.05) is 23.3 Å². The summed E-state index contributed by atoms with van der Waals surface area (Å²) < 4.78 is 28.0. The largest absolute Gasteiger partial charge is 0.324 e. The van der Waals surface area contributed by atoms with Crippen LogP contribution < -0.4 is 10.9 Å². The first-order valence-corrected chi connectivity index (χ1v) is 13.7. The lowest BCUT2D eigenvalue weighted by Gasteiger charge is -2.27. The van der Waals surface area contributed by atoms with E-state index in [-0.39, 0.29) is 21.9 Å². The first-order valence-electron chi connectivity index (χ1n) is 11.8. The van der Waals surface area contributed by atoms with Crippen molar-refractivity contribution in [2.75, 3.05) is 5.32 Å². The SMILES string of the molecule is CC[C@H]1CC[C@H](S(=O)(=O)c2ccc(Nc3ncc4cc(Cl)c(=O)n(C(C)C)c4n3)c(C)c2)CC1. The Balaban J connectivity index is 1.61. The van der Waals surface area contributed by atoms with Gasteiger partial charge in [0.15, 0.2) is 9.84 Å². The number of nitrogens with zero attached hydrogens (tertiary/aromatic N) is 3. The van der Waals surface area contributed by atoms with Crippen LogP contribution in [-0.2, 0) is 9.84 Å². The number of hydrogen-bond acceptors (Lipinski definition) is 6. The van der Waals surface area contributed by atoms with Crippen LogP contribution in [0.15, 0.2) is 40.2 Å². The van der Waals surface area contributed by atoms with Crippen molar-refractivity contribution in [3.8, 4) is 0 Å². The molecule has 34 heavy (non-hydrogen) atoms. The average Bonchev–Trinajstić information content (AvgIpc) is 2.81. The summed E-state index contributed by atoms with van der Waals surface area (Å²) in [6, 6.07) is 6.57. The second-order valence-electron chi connectivity index (χ2n) is 9.43. The molecule has 3 aromatic rings. The molecule has 1 fully saturated rings. The topological polar surface area (TPSA) is 94.0 Å². The van der Waals surface area contributed by atoms with E-state index in [1.165, 1.54) is 0 Å². The number of nitrogens with one attached hydrogen (secondary N) is 1. The summed E-state index contributed by atoms with van der Waals surface area (Å²) in [5, 5.41) is 3.66. The molecule has 182 valence electrons. The molecule has 9 heteroatoms. The fourth-order valence-electron chi connectivity index (χ4n) is 4.74. The molecule has 0 aliphatic heterocycles. The number of hydrogen-bond donors (Lipinski definition) is 1. The van der Waals surface area contributed by atoms with Gasteiger partial charge in [0.05, 0.1) is 10.1 Å². The third-order valence-electron chi connectivity index (χ3n) is 6.83. The van der Waals surface area contributed by atoms with Crippen LogP contribution in [0.5, 0.6) is 0 Å². The van der Waals surface area contributed by atoms with Crippen molar-refractivity contribution in [2.24, 2.45) is 5.92 Å². The van der Waals surface area contributed by atoms with E-state index in [4.69, 9.17) is 11.6 Å². The molecule has 2 aromatic heterocycles. The van der Waals surface area contributed by atoms with Gasteiger partial charge in [-0.2, -0.15) is 4.98 Å². The van der Waals surface area contributed by atoms with E-state index in [1.807, 2.05) is 20.8 Å². The summed E-state index contributed by atoms with van der Waals surface area (Å²) in [7, 11) is -3.37. The lowest BCUT2D eigenvalue weighted by molar-refractivity contribution is 0.348. The number of fused-ring (bicyclic) bond motifs is 1. The first-order chi connectivity index (χ1) is 16.1. The van der Waals surface area contributed by atoms with Crippen LogP contribution in [0.4, 0.5) is 11.6 Å². The molecule has 4 rings (SSSR count). The van der Waals surface area contributed by atoms with Crippen molar-refractivity contribution in [3.63, 3.8) is 0 Å². The minimum absolute atomic E-state index is 0.126. The molecule has 1 aromatic carbocycles. The van der Waals surface area contributed by atoms with Gasteiger partial charge in [-0.3, -0.25) is 9.36 Å². The van der Waals surface area contributed by atoms with E-state index in [0.717, 1.165) is 37.7 Å². The Morgan fingerprint density at radius 2 is 1.88 bits per heavy atom. The molecule has 0 atom stereocenters. The van der Waals surface area contributed by atoms with E-state index < -0.39 is 9.84 Å². The quantitative estimate of drug-likeness (QED) is 0.456. The van der Waals surface area contributed by atoms with Crippen LogP contribution in [0.3, 0.4) is 0 Å². The summed E-state index contributed by atoms with van der Waals surface area (Å²) >= 11 is 6.10. The smallest absolute Gasteiger partial charge is 0.271 e. The molecule has 0 saturated heterocycles. The van der Waals surface area contributed by atoms with Gasteiger partial charge in [-0.25, -0.2) is 13.4 Å². The van der Waals surface area contributed by atoms with Crippen molar-refractivity contribution >= 4 is 44.1 Å². The zero-order valence-electron chi connectivity index (χ0n) is 20.0. The van der Waals surface area contributed by atoms with Crippen molar-refractivity contribution in [2.45, 2.75) is 76.0 Å². The number of sulfone groups is 1. The van der Waals surface area contributed by atoms with Crippen molar-refractivity contribution in [1.82, 2.24) is 14.5 Å². The number of pyridine rings is 1. The maximum Gasteiger partial charge on any atom is 0.271 e. The van der Waals surface area contributed by atoms with Gasteiger partial charge in [0.2, 0.25) is 5.95 Å². The van der Waals surface area contributed by atoms with Gasteiger partial charge in [-0.1, -0.05) is 24.9 Å². The predicted octanol–water partition coefficient (Wildman–Crippen LogP) is 5.82. The molecule has 0 spiro atoms. The molecule has 1 aliphatic rings. The standard InChI is InChI=1S/C25H31ClN4O3S/c1-5-17-6-8-19(9-7-17)34(32,33)20-10-11-22(16(4)12-20)28-25-27-14-18-13-21(26)24(31)30(15(2)3)23(18)29-25/h10-15,17,19H,5-9H2,1-4H3,(H,27,28,29)/t17-,19-. The molecule has 7 nitrogen and oxygen atoms in total. The molecule has 0 amide bonds. The molecule has 1 saturated carbocycles. The van der Waals surface area contributed by atoms with E-state index in [9.17, 15) is 13.2 Å². The fraction of sp³-hybridized carbons (Fsp3) is 0.480. The molecule has 1 N–H and O–H groups in total. The average molecular weight is 503 g/mol. The molecular weight excluding hydrogens is 472 g/mol. The van der Waals surface area contributed by atoms with Gasteiger partial charge in [-0.15, -0.1) is 0 Å². The number of rotatable bonds is 6. The Kier molecular flexibility index (Phi) is 7.01. The van der Waals surface area contributed by atoms with Crippen molar-refractivity contribution in [3.05, 3.63) is 51.4 Å². The highest BCUT2D eigenvalue weighted by atomic mass is 35.5. The molecular formula is C25H31ClN4O3S. The third kappa shape index (κ3) is 4.70. The number of aromatic nitrogens is 3. The van der Waals surface area contributed by atoms with Gasteiger partial charge >= 0.3 is 0 Å². The fourth-order valence-corrected chi connectivity index (χ4v) is 6.83. The Hall–Kier alpha value is -2.45.